The van der Waals surface area contributed by atoms with Crippen molar-refractivity contribution in [3.05, 3.63) is 0 Å². The van der Waals surface area contributed by atoms with E-state index < -0.39 is 0 Å². The van der Waals surface area contributed by atoms with Crippen molar-refractivity contribution < 1.29 is 9.53 Å². The van der Waals surface area contributed by atoms with E-state index in [0.717, 1.165) is 0 Å². The zero-order valence-electron chi connectivity index (χ0n) is 4.93. The van der Waals surface area contributed by atoms with Crippen LogP contribution in [0.25, 0.3) is 0 Å². The minimum absolute atomic E-state index is 0.256. The number of rotatable bonds is 2. The zero-order chi connectivity index (χ0) is 6.57. The Morgan fingerprint density at radius 2 is 2.25 bits per heavy atom. The minimum Gasteiger partial charge on any atom is -0.469 e. The monoisotopic (exact) mass is 132 g/mol. The molecule has 0 aliphatic heterocycles. The molecular formula is C5H8O2S. The van der Waals surface area contributed by atoms with Crippen LogP contribution in [0.4, 0.5) is 0 Å². The fraction of sp³-hybridized carbons (Fsp3) is 0.600. The van der Waals surface area contributed by atoms with Gasteiger partial charge in [0.05, 0.1) is 13.5 Å². The molecule has 0 saturated carbocycles. The third kappa shape index (κ3) is 3.74. The second-order valence-corrected chi connectivity index (χ2v) is 2.15. The molecule has 0 N–H and O–H groups in total. The van der Waals surface area contributed by atoms with Gasteiger partial charge in [-0.25, -0.2) is 0 Å². The quantitative estimate of drug-likeness (QED) is 0.413. The first-order chi connectivity index (χ1) is 3.66. The Morgan fingerprint density at radius 1 is 1.75 bits per heavy atom. The molecule has 0 unspecified atom stereocenters. The molecule has 0 spiro atoms. The highest BCUT2D eigenvalue weighted by Crippen LogP contribution is 1.86. The highest BCUT2D eigenvalue weighted by Gasteiger charge is 1.98. The molecule has 0 aliphatic carbocycles. The summed E-state index contributed by atoms with van der Waals surface area (Å²) in [6.45, 7) is 1.71. The normalized spacial score (nSPS) is 8.25. The molecular weight excluding hydrogens is 124 g/mol. The fourth-order valence-corrected chi connectivity index (χ4v) is 0.393. The first kappa shape index (κ1) is 7.56. The van der Waals surface area contributed by atoms with E-state index in [-0.39, 0.29) is 12.4 Å². The molecule has 0 aromatic rings. The first-order valence-electron chi connectivity index (χ1n) is 2.23. The van der Waals surface area contributed by atoms with Crippen molar-refractivity contribution in [3.8, 4) is 0 Å². The van der Waals surface area contributed by atoms with Crippen molar-refractivity contribution >= 4 is 23.1 Å². The van der Waals surface area contributed by atoms with Gasteiger partial charge < -0.3 is 4.74 Å². The number of carbonyl (C=O) groups excluding carboxylic acids is 1. The standard InChI is InChI=1S/C5H8O2S/c1-4(8)3-5(6)7-2/h3H2,1-2H3. The van der Waals surface area contributed by atoms with Gasteiger partial charge in [0, 0.05) is 4.86 Å². The van der Waals surface area contributed by atoms with Crippen molar-refractivity contribution in [1.82, 2.24) is 0 Å². The number of carbonyl (C=O) groups is 1. The molecule has 0 aliphatic rings. The summed E-state index contributed by atoms with van der Waals surface area (Å²) < 4.78 is 4.33. The van der Waals surface area contributed by atoms with Crippen LogP contribution >= 0.6 is 12.2 Å². The summed E-state index contributed by atoms with van der Waals surface area (Å²) in [6, 6.07) is 0. The summed E-state index contributed by atoms with van der Waals surface area (Å²) in [6.07, 6.45) is 0.256. The van der Waals surface area contributed by atoms with Gasteiger partial charge in [-0.3, -0.25) is 4.79 Å². The summed E-state index contributed by atoms with van der Waals surface area (Å²) in [4.78, 5) is 11.0. The van der Waals surface area contributed by atoms with Gasteiger partial charge in [0.2, 0.25) is 0 Å². The molecule has 8 heavy (non-hydrogen) atoms. The third-order valence-corrected chi connectivity index (χ3v) is 0.765. The van der Waals surface area contributed by atoms with E-state index in [0.29, 0.717) is 4.86 Å². The number of thiocarbonyl (C=S) groups is 1. The van der Waals surface area contributed by atoms with Crippen molar-refractivity contribution in [2.45, 2.75) is 13.3 Å². The third-order valence-electron chi connectivity index (χ3n) is 0.621. The molecule has 0 radical (unpaired) electrons. The van der Waals surface area contributed by atoms with Crippen LogP contribution in [-0.2, 0) is 9.53 Å². The van der Waals surface area contributed by atoms with Crippen molar-refractivity contribution in [2.24, 2.45) is 0 Å². The van der Waals surface area contributed by atoms with Crippen LogP contribution in [0.5, 0.6) is 0 Å². The SMILES string of the molecule is COC(=O)CC(C)=S. The largest absolute Gasteiger partial charge is 0.469 e. The van der Waals surface area contributed by atoms with E-state index in [4.69, 9.17) is 0 Å². The summed E-state index contributed by atoms with van der Waals surface area (Å²) in [5, 5.41) is 0. The Bertz CT molecular complexity index is 109. The minimum atomic E-state index is -0.266. The number of esters is 1. The van der Waals surface area contributed by atoms with Crippen LogP contribution in [-0.4, -0.2) is 17.9 Å². The van der Waals surface area contributed by atoms with E-state index in [2.05, 4.69) is 17.0 Å². The maximum atomic E-state index is 10.3. The van der Waals surface area contributed by atoms with Crippen molar-refractivity contribution in [3.63, 3.8) is 0 Å². The van der Waals surface area contributed by atoms with Gasteiger partial charge in [-0.15, -0.1) is 0 Å². The van der Waals surface area contributed by atoms with Crippen LogP contribution in [0.15, 0.2) is 0 Å². The van der Waals surface area contributed by atoms with Crippen LogP contribution in [0.3, 0.4) is 0 Å². The molecule has 0 atom stereocenters. The molecule has 0 amide bonds. The molecule has 3 heteroatoms. The lowest BCUT2D eigenvalue weighted by atomic mass is 10.3. The lowest BCUT2D eigenvalue weighted by Crippen LogP contribution is -2.03. The molecule has 46 valence electrons. The maximum absolute atomic E-state index is 10.3. The molecule has 0 saturated heterocycles. The van der Waals surface area contributed by atoms with E-state index in [1.807, 2.05) is 0 Å². The summed E-state index contributed by atoms with van der Waals surface area (Å²) in [7, 11) is 1.35. The lowest BCUT2D eigenvalue weighted by Gasteiger charge is -1.93. The Kier molecular flexibility index (Phi) is 3.35. The van der Waals surface area contributed by atoms with Crippen LogP contribution in [0, 0.1) is 0 Å². The summed E-state index contributed by atoms with van der Waals surface area (Å²) in [5.74, 6) is -0.266. The number of methoxy groups -OCH3 is 1. The lowest BCUT2D eigenvalue weighted by molar-refractivity contribution is -0.139. The first-order valence-corrected chi connectivity index (χ1v) is 2.64. The second-order valence-electron chi connectivity index (χ2n) is 1.45. The number of hydrogen-bond acceptors (Lipinski definition) is 3. The molecule has 0 rings (SSSR count). The van der Waals surface area contributed by atoms with Crippen LogP contribution in [0.2, 0.25) is 0 Å². The maximum Gasteiger partial charge on any atom is 0.310 e. The molecule has 0 fully saturated rings. The zero-order valence-corrected chi connectivity index (χ0v) is 5.75. The van der Waals surface area contributed by atoms with Gasteiger partial charge in [0.25, 0.3) is 0 Å². The van der Waals surface area contributed by atoms with E-state index in [9.17, 15) is 4.79 Å². The average Bonchev–Trinajstić information content (AvgIpc) is 1.65. The Hall–Kier alpha value is -0.440. The Morgan fingerprint density at radius 3 is 2.38 bits per heavy atom. The molecule has 2 nitrogen and oxygen atoms in total. The smallest absolute Gasteiger partial charge is 0.310 e. The second kappa shape index (κ2) is 3.55. The average molecular weight is 132 g/mol. The molecule has 0 bridgehead atoms. The van der Waals surface area contributed by atoms with E-state index in [1.54, 1.807) is 6.92 Å². The van der Waals surface area contributed by atoms with Gasteiger partial charge in [-0.2, -0.15) is 0 Å². The van der Waals surface area contributed by atoms with Gasteiger partial charge in [0.1, 0.15) is 0 Å². The number of ether oxygens (including phenoxy) is 1. The van der Waals surface area contributed by atoms with Gasteiger partial charge in [0.15, 0.2) is 0 Å². The highest BCUT2D eigenvalue weighted by molar-refractivity contribution is 7.80. The van der Waals surface area contributed by atoms with E-state index in [1.165, 1.54) is 7.11 Å². The fourth-order valence-electron chi connectivity index (χ4n) is 0.275. The Labute approximate surface area is 53.8 Å². The van der Waals surface area contributed by atoms with Crippen molar-refractivity contribution in [1.29, 1.82) is 0 Å². The van der Waals surface area contributed by atoms with E-state index >= 15 is 0 Å². The van der Waals surface area contributed by atoms with Crippen LogP contribution in [0.1, 0.15) is 13.3 Å². The van der Waals surface area contributed by atoms with Gasteiger partial charge in [-0.1, -0.05) is 12.2 Å². The Balaban J connectivity index is 3.40. The molecule has 0 aromatic heterocycles. The topological polar surface area (TPSA) is 26.3 Å². The molecule has 0 aromatic carbocycles. The molecule has 0 heterocycles. The predicted octanol–water partition coefficient (Wildman–Crippen LogP) is 0.939. The summed E-state index contributed by atoms with van der Waals surface area (Å²) in [5.41, 5.74) is 0. The highest BCUT2D eigenvalue weighted by atomic mass is 32.1. The summed E-state index contributed by atoms with van der Waals surface area (Å²) >= 11 is 4.64. The van der Waals surface area contributed by atoms with Gasteiger partial charge >= 0.3 is 5.97 Å². The van der Waals surface area contributed by atoms with Crippen molar-refractivity contribution in [2.75, 3.05) is 7.11 Å². The van der Waals surface area contributed by atoms with Gasteiger partial charge in [-0.05, 0) is 6.92 Å². The van der Waals surface area contributed by atoms with Crippen LogP contribution < -0.4 is 0 Å². The predicted molar refractivity (Wildman–Crippen MR) is 34.9 cm³/mol. The number of hydrogen-bond donors (Lipinski definition) is 0.